The third-order valence-electron chi connectivity index (χ3n) is 3.29. The van der Waals surface area contributed by atoms with Gasteiger partial charge in [0.2, 0.25) is 0 Å². The van der Waals surface area contributed by atoms with E-state index in [1.54, 1.807) is 0 Å². The molecule has 4 rings (SSSR count). The average molecular weight is 252 g/mol. The van der Waals surface area contributed by atoms with Crippen molar-refractivity contribution in [1.29, 1.82) is 0 Å². The first-order chi connectivity index (χ1) is 9.40. The number of nitrogens with zero attached hydrogens (tertiary/aromatic N) is 1. The monoisotopic (exact) mass is 252 g/mol. The van der Waals surface area contributed by atoms with E-state index in [1.807, 2.05) is 42.5 Å². The minimum atomic E-state index is 0.0873. The minimum Gasteiger partial charge on any atom is -0.491 e. The van der Waals surface area contributed by atoms with Crippen LogP contribution in [0.5, 0.6) is 5.75 Å². The van der Waals surface area contributed by atoms with Gasteiger partial charge in [0.05, 0.1) is 6.04 Å². The molecule has 2 aromatic carbocycles. The van der Waals surface area contributed by atoms with Crippen LogP contribution in [-0.4, -0.2) is 11.6 Å². The summed E-state index contributed by atoms with van der Waals surface area (Å²) < 4.78 is 11.3. The Morgan fingerprint density at radius 3 is 2.84 bits per heavy atom. The summed E-state index contributed by atoms with van der Waals surface area (Å²) in [5.41, 5.74) is 2.79. The number of benzene rings is 2. The van der Waals surface area contributed by atoms with Gasteiger partial charge in [0.1, 0.15) is 17.9 Å². The highest BCUT2D eigenvalue weighted by molar-refractivity contribution is 5.74. The van der Waals surface area contributed by atoms with Gasteiger partial charge in [-0.1, -0.05) is 30.3 Å². The number of rotatable bonds is 2. The molecule has 0 saturated heterocycles. The van der Waals surface area contributed by atoms with Crippen LogP contribution in [0.1, 0.15) is 11.6 Å². The molecule has 19 heavy (non-hydrogen) atoms. The highest BCUT2D eigenvalue weighted by atomic mass is 16.5. The van der Waals surface area contributed by atoms with E-state index in [0.29, 0.717) is 12.6 Å². The number of hydrogen-bond acceptors (Lipinski definition) is 4. The van der Waals surface area contributed by atoms with Gasteiger partial charge in [-0.25, -0.2) is 0 Å². The fraction of sp³-hybridized carbons (Fsp3) is 0.133. The summed E-state index contributed by atoms with van der Waals surface area (Å²) in [6, 6.07) is 16.4. The van der Waals surface area contributed by atoms with Crippen LogP contribution in [0.2, 0.25) is 0 Å². The molecule has 4 heteroatoms. The number of hydrogen-bond donors (Lipinski definition) is 1. The largest absolute Gasteiger partial charge is 0.491 e. The van der Waals surface area contributed by atoms with Crippen LogP contribution in [0.3, 0.4) is 0 Å². The molecule has 2 heterocycles. The summed E-state index contributed by atoms with van der Waals surface area (Å²) in [4.78, 5) is 4.42. The SMILES string of the molecule is c1ccc2c(c1)OC[C@H]2Nc1nc2ccccc2o1. The second-order valence-corrected chi connectivity index (χ2v) is 4.53. The van der Waals surface area contributed by atoms with E-state index in [-0.39, 0.29) is 6.04 Å². The molecule has 1 atom stereocenters. The summed E-state index contributed by atoms with van der Waals surface area (Å²) in [5, 5.41) is 3.28. The van der Waals surface area contributed by atoms with Crippen LogP contribution < -0.4 is 10.1 Å². The molecule has 1 aromatic heterocycles. The van der Waals surface area contributed by atoms with Crippen LogP contribution in [0, 0.1) is 0 Å². The van der Waals surface area contributed by atoms with E-state index < -0.39 is 0 Å². The molecule has 1 N–H and O–H groups in total. The van der Waals surface area contributed by atoms with Gasteiger partial charge in [0.25, 0.3) is 6.01 Å². The van der Waals surface area contributed by atoms with Gasteiger partial charge in [-0.05, 0) is 18.2 Å². The van der Waals surface area contributed by atoms with Gasteiger partial charge in [0.15, 0.2) is 5.58 Å². The predicted molar refractivity (Wildman–Crippen MR) is 72.3 cm³/mol. The van der Waals surface area contributed by atoms with Crippen LogP contribution in [0.4, 0.5) is 6.01 Å². The molecular weight excluding hydrogens is 240 g/mol. The molecule has 0 amide bonds. The zero-order valence-electron chi connectivity index (χ0n) is 10.2. The van der Waals surface area contributed by atoms with E-state index in [4.69, 9.17) is 9.15 Å². The van der Waals surface area contributed by atoms with Crippen molar-refractivity contribution in [1.82, 2.24) is 4.98 Å². The fourth-order valence-corrected chi connectivity index (χ4v) is 2.37. The van der Waals surface area contributed by atoms with Crippen molar-refractivity contribution in [3.63, 3.8) is 0 Å². The Bertz CT molecular complexity index is 703. The van der Waals surface area contributed by atoms with E-state index in [1.165, 1.54) is 0 Å². The van der Waals surface area contributed by atoms with Crippen LogP contribution >= 0.6 is 0 Å². The van der Waals surface area contributed by atoms with Crippen molar-refractivity contribution in [2.45, 2.75) is 6.04 Å². The van der Waals surface area contributed by atoms with E-state index in [0.717, 1.165) is 22.4 Å². The number of oxazole rings is 1. The lowest BCUT2D eigenvalue weighted by Gasteiger charge is -2.08. The zero-order valence-corrected chi connectivity index (χ0v) is 10.2. The van der Waals surface area contributed by atoms with Crippen molar-refractivity contribution in [3.8, 4) is 5.75 Å². The fourth-order valence-electron chi connectivity index (χ4n) is 2.37. The van der Waals surface area contributed by atoms with Crippen LogP contribution in [-0.2, 0) is 0 Å². The third-order valence-corrected chi connectivity index (χ3v) is 3.29. The normalized spacial score (nSPS) is 17.2. The average Bonchev–Trinajstić information content (AvgIpc) is 3.03. The summed E-state index contributed by atoms with van der Waals surface area (Å²) in [7, 11) is 0. The van der Waals surface area contributed by atoms with Crippen LogP contribution in [0.15, 0.2) is 52.9 Å². The quantitative estimate of drug-likeness (QED) is 0.759. The van der Waals surface area contributed by atoms with E-state index >= 15 is 0 Å². The first-order valence-electron chi connectivity index (χ1n) is 6.24. The van der Waals surface area contributed by atoms with Gasteiger partial charge in [-0.2, -0.15) is 4.98 Å². The van der Waals surface area contributed by atoms with E-state index in [2.05, 4.69) is 16.4 Å². The molecule has 4 nitrogen and oxygen atoms in total. The second-order valence-electron chi connectivity index (χ2n) is 4.53. The minimum absolute atomic E-state index is 0.0873. The van der Waals surface area contributed by atoms with Crippen molar-refractivity contribution >= 4 is 17.1 Å². The molecule has 0 aliphatic carbocycles. The first-order valence-corrected chi connectivity index (χ1v) is 6.24. The Hall–Kier alpha value is -2.49. The molecule has 0 bridgehead atoms. The van der Waals surface area contributed by atoms with Gasteiger partial charge < -0.3 is 14.5 Å². The number of para-hydroxylation sites is 3. The summed E-state index contributed by atoms with van der Waals surface area (Å²) in [6.07, 6.45) is 0. The lowest BCUT2D eigenvalue weighted by atomic mass is 10.1. The molecule has 0 saturated carbocycles. The molecule has 1 aliphatic heterocycles. The predicted octanol–water partition coefficient (Wildman–Crippen LogP) is 3.37. The molecule has 0 fully saturated rings. The van der Waals surface area contributed by atoms with Gasteiger partial charge in [0, 0.05) is 5.56 Å². The van der Waals surface area contributed by atoms with Gasteiger partial charge >= 0.3 is 0 Å². The molecule has 0 unspecified atom stereocenters. The van der Waals surface area contributed by atoms with Crippen molar-refractivity contribution in [3.05, 3.63) is 54.1 Å². The molecule has 3 aromatic rings. The maximum absolute atomic E-state index is 5.67. The van der Waals surface area contributed by atoms with E-state index in [9.17, 15) is 0 Å². The molecular formula is C15H12N2O2. The number of anilines is 1. The summed E-state index contributed by atoms with van der Waals surface area (Å²) in [5.74, 6) is 0.927. The number of fused-ring (bicyclic) bond motifs is 2. The topological polar surface area (TPSA) is 47.3 Å². The highest BCUT2D eigenvalue weighted by Gasteiger charge is 2.24. The second kappa shape index (κ2) is 4.02. The Kier molecular flexibility index (Phi) is 2.21. The first kappa shape index (κ1) is 10.4. The Balaban J connectivity index is 1.65. The molecule has 0 spiro atoms. The Morgan fingerprint density at radius 1 is 1.05 bits per heavy atom. The molecule has 94 valence electrons. The summed E-state index contributed by atoms with van der Waals surface area (Å²) in [6.45, 7) is 0.595. The highest BCUT2D eigenvalue weighted by Crippen LogP contribution is 2.34. The number of ether oxygens (including phenoxy) is 1. The van der Waals surface area contributed by atoms with Crippen LogP contribution in [0.25, 0.3) is 11.1 Å². The Labute approximate surface area is 110 Å². The zero-order chi connectivity index (χ0) is 12.7. The smallest absolute Gasteiger partial charge is 0.296 e. The maximum Gasteiger partial charge on any atom is 0.296 e. The Morgan fingerprint density at radius 2 is 1.89 bits per heavy atom. The lowest BCUT2D eigenvalue weighted by Crippen LogP contribution is -2.11. The molecule has 0 radical (unpaired) electrons. The lowest BCUT2D eigenvalue weighted by molar-refractivity contribution is 0.338. The van der Waals surface area contributed by atoms with Crippen molar-refractivity contribution in [2.75, 3.05) is 11.9 Å². The van der Waals surface area contributed by atoms with Gasteiger partial charge in [-0.3, -0.25) is 0 Å². The van der Waals surface area contributed by atoms with Gasteiger partial charge in [-0.15, -0.1) is 0 Å². The summed E-state index contributed by atoms with van der Waals surface area (Å²) >= 11 is 0. The standard InChI is InChI=1S/C15H12N2O2/c1-3-7-13-10(5-1)12(9-18-13)17-15-16-11-6-2-4-8-14(11)19-15/h1-8,12H,9H2,(H,16,17)/t12-/m1/s1. The number of nitrogens with one attached hydrogen (secondary N) is 1. The maximum atomic E-state index is 5.67. The van der Waals surface area contributed by atoms with Crippen molar-refractivity contribution < 1.29 is 9.15 Å². The van der Waals surface area contributed by atoms with Crippen molar-refractivity contribution in [2.24, 2.45) is 0 Å². The molecule has 1 aliphatic rings. The number of aromatic nitrogens is 1. The third kappa shape index (κ3) is 1.73.